The van der Waals surface area contributed by atoms with E-state index in [1.54, 1.807) is 12.4 Å². The zero-order chi connectivity index (χ0) is 11.5. The topological polar surface area (TPSA) is 58.3 Å². The quantitative estimate of drug-likeness (QED) is 0.809. The SMILES string of the molecule is CN(CC1CCCN1C)c1ncc(N)cn1. The third-order valence-electron chi connectivity index (χ3n) is 3.16. The van der Waals surface area contributed by atoms with Crippen LogP contribution in [-0.2, 0) is 0 Å². The number of nitrogens with two attached hydrogens (primary N) is 1. The molecule has 1 aromatic rings. The lowest BCUT2D eigenvalue weighted by molar-refractivity contribution is 0.313. The van der Waals surface area contributed by atoms with Crippen molar-refractivity contribution >= 4 is 11.6 Å². The molecular weight excluding hydrogens is 202 g/mol. The van der Waals surface area contributed by atoms with Crippen LogP contribution in [0.3, 0.4) is 0 Å². The van der Waals surface area contributed by atoms with Gasteiger partial charge in [0.2, 0.25) is 5.95 Å². The molecule has 0 radical (unpaired) electrons. The van der Waals surface area contributed by atoms with E-state index in [-0.39, 0.29) is 0 Å². The first-order valence-electron chi connectivity index (χ1n) is 5.65. The van der Waals surface area contributed by atoms with Crippen LogP contribution in [0.2, 0.25) is 0 Å². The van der Waals surface area contributed by atoms with Crippen LogP contribution in [0.4, 0.5) is 11.6 Å². The van der Waals surface area contributed by atoms with E-state index in [2.05, 4.69) is 26.8 Å². The second-order valence-electron chi connectivity index (χ2n) is 4.47. The maximum Gasteiger partial charge on any atom is 0.225 e. The van der Waals surface area contributed by atoms with Crippen molar-refractivity contribution in [2.75, 3.05) is 37.8 Å². The molecule has 2 rings (SSSR count). The Hall–Kier alpha value is -1.36. The Labute approximate surface area is 96.3 Å². The third kappa shape index (κ3) is 2.41. The number of likely N-dealkylation sites (tertiary alicyclic amines) is 1. The molecule has 1 aliphatic heterocycles. The second-order valence-corrected chi connectivity index (χ2v) is 4.47. The fourth-order valence-corrected chi connectivity index (χ4v) is 2.14. The highest BCUT2D eigenvalue weighted by molar-refractivity contribution is 5.37. The highest BCUT2D eigenvalue weighted by atomic mass is 15.3. The maximum atomic E-state index is 5.56. The van der Waals surface area contributed by atoms with Crippen molar-refractivity contribution in [2.45, 2.75) is 18.9 Å². The van der Waals surface area contributed by atoms with Gasteiger partial charge in [0.15, 0.2) is 0 Å². The predicted molar refractivity (Wildman–Crippen MR) is 65.4 cm³/mol. The van der Waals surface area contributed by atoms with E-state index in [4.69, 9.17) is 5.73 Å². The van der Waals surface area contributed by atoms with Crippen molar-refractivity contribution in [1.82, 2.24) is 14.9 Å². The van der Waals surface area contributed by atoms with Crippen molar-refractivity contribution in [3.63, 3.8) is 0 Å². The third-order valence-corrected chi connectivity index (χ3v) is 3.16. The number of hydrogen-bond donors (Lipinski definition) is 1. The summed E-state index contributed by atoms with van der Waals surface area (Å²) in [4.78, 5) is 12.9. The average Bonchev–Trinajstić information content (AvgIpc) is 2.65. The number of likely N-dealkylation sites (N-methyl/N-ethyl adjacent to an activating group) is 2. The molecule has 0 spiro atoms. The maximum absolute atomic E-state index is 5.56. The van der Waals surface area contributed by atoms with E-state index in [0.717, 1.165) is 12.5 Å². The van der Waals surface area contributed by atoms with Crippen LogP contribution in [0.25, 0.3) is 0 Å². The molecule has 5 heteroatoms. The average molecular weight is 221 g/mol. The fourth-order valence-electron chi connectivity index (χ4n) is 2.14. The molecule has 0 amide bonds. The van der Waals surface area contributed by atoms with Gasteiger partial charge in [0.05, 0.1) is 18.1 Å². The number of hydrogen-bond acceptors (Lipinski definition) is 5. The van der Waals surface area contributed by atoms with E-state index >= 15 is 0 Å². The van der Waals surface area contributed by atoms with Crippen molar-refractivity contribution < 1.29 is 0 Å². The van der Waals surface area contributed by atoms with Gasteiger partial charge in [0.25, 0.3) is 0 Å². The fraction of sp³-hybridized carbons (Fsp3) is 0.636. The van der Waals surface area contributed by atoms with Crippen molar-refractivity contribution in [1.29, 1.82) is 0 Å². The second kappa shape index (κ2) is 4.65. The Morgan fingerprint density at radius 3 is 2.75 bits per heavy atom. The smallest absolute Gasteiger partial charge is 0.225 e. The molecule has 1 atom stereocenters. The molecule has 1 saturated heterocycles. The Morgan fingerprint density at radius 1 is 1.50 bits per heavy atom. The first kappa shape index (κ1) is 11.1. The van der Waals surface area contributed by atoms with Gasteiger partial charge in [0.1, 0.15) is 0 Å². The zero-order valence-corrected chi connectivity index (χ0v) is 9.93. The Morgan fingerprint density at radius 2 is 2.19 bits per heavy atom. The minimum atomic E-state index is 0.607. The van der Waals surface area contributed by atoms with Crippen LogP contribution in [0.5, 0.6) is 0 Å². The normalized spacial score (nSPS) is 21.2. The minimum Gasteiger partial charge on any atom is -0.396 e. The van der Waals surface area contributed by atoms with Crippen LogP contribution in [0.1, 0.15) is 12.8 Å². The molecule has 88 valence electrons. The number of aromatic nitrogens is 2. The summed E-state index contributed by atoms with van der Waals surface area (Å²) < 4.78 is 0. The lowest BCUT2D eigenvalue weighted by Crippen LogP contribution is -2.37. The largest absolute Gasteiger partial charge is 0.396 e. The van der Waals surface area contributed by atoms with Gasteiger partial charge in [-0.1, -0.05) is 0 Å². The summed E-state index contributed by atoms with van der Waals surface area (Å²) in [5.41, 5.74) is 6.17. The van der Waals surface area contributed by atoms with Gasteiger partial charge in [-0.25, -0.2) is 9.97 Å². The van der Waals surface area contributed by atoms with Crippen molar-refractivity contribution in [3.05, 3.63) is 12.4 Å². The molecule has 1 unspecified atom stereocenters. The van der Waals surface area contributed by atoms with E-state index in [1.165, 1.54) is 19.4 Å². The van der Waals surface area contributed by atoms with Gasteiger partial charge < -0.3 is 15.5 Å². The van der Waals surface area contributed by atoms with Crippen LogP contribution in [0.15, 0.2) is 12.4 Å². The van der Waals surface area contributed by atoms with Crippen molar-refractivity contribution in [3.8, 4) is 0 Å². The molecular formula is C11H19N5. The standard InChI is InChI=1S/C11H19N5/c1-15-5-3-4-10(15)8-16(2)11-13-6-9(12)7-14-11/h6-7,10H,3-5,8,12H2,1-2H3. The van der Waals surface area contributed by atoms with Crippen LogP contribution >= 0.6 is 0 Å². The molecule has 1 aromatic heterocycles. The van der Waals surface area contributed by atoms with Gasteiger partial charge in [-0.2, -0.15) is 0 Å². The molecule has 5 nitrogen and oxygen atoms in total. The van der Waals surface area contributed by atoms with Crippen LogP contribution in [0, 0.1) is 0 Å². The summed E-state index contributed by atoms with van der Waals surface area (Å²) in [7, 11) is 4.20. The number of rotatable bonds is 3. The first-order chi connectivity index (χ1) is 7.66. The summed E-state index contributed by atoms with van der Waals surface area (Å²) in [6, 6.07) is 0.617. The number of nitrogen functional groups attached to an aromatic ring is 1. The van der Waals surface area contributed by atoms with Gasteiger partial charge in [-0.15, -0.1) is 0 Å². The Bertz CT molecular complexity index is 337. The highest BCUT2D eigenvalue weighted by Crippen LogP contribution is 2.17. The number of anilines is 2. The van der Waals surface area contributed by atoms with E-state index in [9.17, 15) is 0 Å². The molecule has 1 fully saturated rings. The minimum absolute atomic E-state index is 0.607. The summed E-state index contributed by atoms with van der Waals surface area (Å²) in [6.07, 6.45) is 5.85. The molecule has 0 aliphatic carbocycles. The van der Waals surface area contributed by atoms with Gasteiger partial charge in [-0.3, -0.25) is 0 Å². The lowest BCUT2D eigenvalue weighted by atomic mass is 10.2. The van der Waals surface area contributed by atoms with E-state index < -0.39 is 0 Å². The Balaban J connectivity index is 1.97. The molecule has 0 saturated carbocycles. The molecule has 2 heterocycles. The predicted octanol–water partition coefficient (Wildman–Crippen LogP) is 0.589. The number of nitrogens with zero attached hydrogens (tertiary/aromatic N) is 4. The molecule has 0 bridgehead atoms. The molecule has 16 heavy (non-hydrogen) atoms. The molecule has 2 N–H and O–H groups in total. The zero-order valence-electron chi connectivity index (χ0n) is 9.93. The van der Waals surface area contributed by atoms with Gasteiger partial charge in [-0.05, 0) is 26.4 Å². The summed E-state index contributed by atoms with van der Waals surface area (Å²) in [6.45, 7) is 2.17. The van der Waals surface area contributed by atoms with Crippen LogP contribution < -0.4 is 10.6 Å². The first-order valence-corrected chi connectivity index (χ1v) is 5.65. The van der Waals surface area contributed by atoms with E-state index in [0.29, 0.717) is 11.7 Å². The monoisotopic (exact) mass is 221 g/mol. The highest BCUT2D eigenvalue weighted by Gasteiger charge is 2.22. The van der Waals surface area contributed by atoms with Gasteiger partial charge in [0, 0.05) is 19.6 Å². The molecule has 1 aliphatic rings. The lowest BCUT2D eigenvalue weighted by Gasteiger charge is -2.25. The summed E-state index contributed by atoms with van der Waals surface area (Å²) in [5, 5.41) is 0. The Kier molecular flexibility index (Phi) is 3.24. The molecule has 0 aromatic carbocycles. The van der Waals surface area contributed by atoms with E-state index in [1.807, 2.05) is 7.05 Å². The summed E-state index contributed by atoms with van der Waals surface area (Å²) in [5.74, 6) is 0.745. The van der Waals surface area contributed by atoms with Crippen molar-refractivity contribution in [2.24, 2.45) is 0 Å². The van der Waals surface area contributed by atoms with Crippen LogP contribution in [-0.4, -0.2) is 48.1 Å². The van der Waals surface area contributed by atoms with Gasteiger partial charge >= 0.3 is 0 Å². The summed E-state index contributed by atoms with van der Waals surface area (Å²) >= 11 is 0.